The Labute approximate surface area is 242 Å². The molecule has 4 heterocycles. The standard InChI is InChI=1S/C21H19FN10O6S3/c22-10-1-3-11(4-2-10)38-27-12(15-25-20(23)41-28-15)16(34)24-13-17(35)32-14(19(36)37)9(7-39-18(13)32)8-40-21-26-29-30-31(21)5-6-33/h1-4,13,18,33H,5-8H2,(H,24,34)(H,36,37)(H2,23,25,28)/t13?,18-/m1/s1. The lowest BCUT2D eigenvalue weighted by molar-refractivity contribution is -0.150. The number of rotatable bonds is 11. The minimum atomic E-state index is -1.30. The second kappa shape index (κ2) is 12.2. The van der Waals surface area contributed by atoms with E-state index in [9.17, 15) is 23.9 Å². The van der Waals surface area contributed by atoms with Crippen LogP contribution in [-0.2, 0) is 20.9 Å². The number of β-lactam (4-membered cyclic amide) rings is 1. The van der Waals surface area contributed by atoms with E-state index in [4.69, 9.17) is 15.7 Å². The Morgan fingerprint density at radius 2 is 2.10 bits per heavy atom. The molecule has 0 saturated carbocycles. The van der Waals surface area contributed by atoms with Gasteiger partial charge in [0.05, 0.1) is 13.2 Å². The van der Waals surface area contributed by atoms with Gasteiger partial charge in [0.25, 0.3) is 11.8 Å². The molecular weight excluding hydrogens is 603 g/mol. The van der Waals surface area contributed by atoms with E-state index in [0.29, 0.717) is 10.7 Å². The number of nitrogens with one attached hydrogen (secondary N) is 1. The van der Waals surface area contributed by atoms with Gasteiger partial charge in [0.1, 0.15) is 22.9 Å². The minimum Gasteiger partial charge on any atom is -0.477 e. The summed E-state index contributed by atoms with van der Waals surface area (Å²) in [4.78, 5) is 48.8. The van der Waals surface area contributed by atoms with Gasteiger partial charge in [0.15, 0.2) is 10.9 Å². The van der Waals surface area contributed by atoms with Crippen molar-refractivity contribution in [2.75, 3.05) is 23.8 Å². The molecule has 0 aliphatic carbocycles. The molecule has 1 saturated heterocycles. The van der Waals surface area contributed by atoms with Crippen LogP contribution in [0.5, 0.6) is 5.75 Å². The second-order valence-corrected chi connectivity index (χ2v) is 11.1. The highest BCUT2D eigenvalue weighted by Crippen LogP contribution is 2.41. The number of nitrogen functional groups attached to an aromatic ring is 1. The van der Waals surface area contributed by atoms with Crippen LogP contribution in [0.2, 0.25) is 0 Å². The highest BCUT2D eigenvalue weighted by Gasteiger charge is 2.54. The molecule has 0 radical (unpaired) electrons. The van der Waals surface area contributed by atoms with Crippen molar-refractivity contribution >= 4 is 63.7 Å². The van der Waals surface area contributed by atoms with Gasteiger partial charge < -0.3 is 26.1 Å². The van der Waals surface area contributed by atoms with Crippen molar-refractivity contribution in [1.82, 2.24) is 39.8 Å². The Morgan fingerprint density at radius 3 is 2.78 bits per heavy atom. The number of anilines is 1. The van der Waals surface area contributed by atoms with Crippen LogP contribution in [0.15, 0.2) is 45.8 Å². The first-order valence-corrected chi connectivity index (χ1v) is 14.4. The lowest BCUT2D eigenvalue weighted by atomic mass is 10.0. The molecule has 1 fully saturated rings. The van der Waals surface area contributed by atoms with E-state index in [-0.39, 0.29) is 52.8 Å². The van der Waals surface area contributed by atoms with E-state index in [1.54, 1.807) is 0 Å². The Kier molecular flexibility index (Phi) is 8.42. The quantitative estimate of drug-likeness (QED) is 0.0920. The largest absolute Gasteiger partial charge is 0.477 e. The minimum absolute atomic E-state index is 0.0584. The molecule has 1 aromatic carbocycles. The molecule has 2 aliphatic rings. The third-order valence-electron chi connectivity index (χ3n) is 5.65. The van der Waals surface area contributed by atoms with Crippen molar-refractivity contribution in [3.63, 3.8) is 0 Å². The maximum Gasteiger partial charge on any atom is 0.352 e. The number of amides is 2. The van der Waals surface area contributed by atoms with E-state index in [2.05, 4.69) is 35.4 Å². The zero-order chi connectivity index (χ0) is 29.1. The van der Waals surface area contributed by atoms with Crippen molar-refractivity contribution in [2.45, 2.75) is 23.1 Å². The first-order chi connectivity index (χ1) is 19.8. The Hall–Kier alpha value is -4.14. The van der Waals surface area contributed by atoms with Crippen molar-refractivity contribution < 1.29 is 33.8 Å². The van der Waals surface area contributed by atoms with E-state index in [1.807, 2.05) is 0 Å². The van der Waals surface area contributed by atoms with Crippen LogP contribution in [0.3, 0.4) is 0 Å². The van der Waals surface area contributed by atoms with E-state index in [0.717, 1.165) is 28.6 Å². The molecule has 2 aromatic heterocycles. The lowest BCUT2D eigenvalue weighted by Crippen LogP contribution is -2.71. The fourth-order valence-corrected chi connectivity index (χ4v) is 6.62. The van der Waals surface area contributed by atoms with Crippen molar-refractivity contribution in [3.05, 3.63) is 47.2 Å². The summed E-state index contributed by atoms with van der Waals surface area (Å²) in [5.41, 5.74) is 5.55. The Balaban J connectivity index is 1.31. The first-order valence-electron chi connectivity index (χ1n) is 11.6. The van der Waals surface area contributed by atoms with Crippen LogP contribution in [0, 0.1) is 5.82 Å². The predicted molar refractivity (Wildman–Crippen MR) is 143 cm³/mol. The number of aliphatic hydroxyl groups excluding tert-OH is 1. The van der Waals surface area contributed by atoms with Gasteiger partial charge >= 0.3 is 5.97 Å². The molecule has 16 nitrogen and oxygen atoms in total. The molecule has 0 bridgehead atoms. The molecule has 5 N–H and O–H groups in total. The Bertz CT molecular complexity index is 1540. The normalized spacial score (nSPS) is 18.6. The van der Waals surface area contributed by atoms with Gasteiger partial charge in [-0.25, -0.2) is 13.9 Å². The number of halogens is 1. The summed E-state index contributed by atoms with van der Waals surface area (Å²) in [6.45, 7) is -0.00246. The van der Waals surface area contributed by atoms with Crippen LogP contribution >= 0.6 is 35.1 Å². The van der Waals surface area contributed by atoms with Gasteiger partial charge in [-0.2, -0.15) is 9.36 Å². The number of carbonyl (C=O) groups excluding carboxylic acids is 2. The maximum atomic E-state index is 13.2. The van der Waals surface area contributed by atoms with Gasteiger partial charge in [0, 0.05) is 23.0 Å². The van der Waals surface area contributed by atoms with Crippen LogP contribution in [-0.4, -0.2) is 97.7 Å². The number of fused-ring (bicyclic) bond motifs is 1. The number of carbonyl (C=O) groups is 3. The zero-order valence-corrected chi connectivity index (χ0v) is 23.0. The number of benzene rings is 1. The van der Waals surface area contributed by atoms with E-state index >= 15 is 0 Å². The molecule has 2 aliphatic heterocycles. The number of hydrogen-bond donors (Lipinski definition) is 4. The topological polar surface area (TPSA) is 224 Å². The highest BCUT2D eigenvalue weighted by atomic mass is 32.2. The van der Waals surface area contributed by atoms with E-state index in [1.165, 1.54) is 40.3 Å². The molecular formula is C21H19FN10O6S3. The van der Waals surface area contributed by atoms with Crippen LogP contribution < -0.4 is 15.9 Å². The number of oxime groups is 1. The van der Waals surface area contributed by atoms with Gasteiger partial charge in [-0.1, -0.05) is 16.9 Å². The third kappa shape index (κ3) is 5.99. The maximum absolute atomic E-state index is 13.2. The number of carboxylic acid groups (broad SMARTS) is 1. The summed E-state index contributed by atoms with van der Waals surface area (Å²) in [6, 6.07) is 3.81. The number of nitrogens with two attached hydrogens (primary N) is 1. The monoisotopic (exact) mass is 622 g/mol. The molecule has 41 heavy (non-hydrogen) atoms. The third-order valence-corrected chi connectivity index (χ3v) is 8.57. The first kappa shape index (κ1) is 28.4. The number of aliphatic carboxylic acids is 1. The Morgan fingerprint density at radius 1 is 1.32 bits per heavy atom. The van der Waals surface area contributed by atoms with Crippen molar-refractivity contribution in [1.29, 1.82) is 0 Å². The van der Waals surface area contributed by atoms with Crippen molar-refractivity contribution in [2.24, 2.45) is 5.16 Å². The number of thioether (sulfide) groups is 2. The number of nitrogens with zero attached hydrogens (tertiary/aromatic N) is 8. The zero-order valence-electron chi connectivity index (χ0n) is 20.6. The van der Waals surface area contributed by atoms with Crippen LogP contribution in [0.1, 0.15) is 5.82 Å². The van der Waals surface area contributed by atoms with Crippen LogP contribution in [0.4, 0.5) is 9.52 Å². The molecule has 3 aromatic rings. The lowest BCUT2D eigenvalue weighted by Gasteiger charge is -2.49. The smallest absolute Gasteiger partial charge is 0.352 e. The van der Waals surface area contributed by atoms with Gasteiger partial charge in [0.2, 0.25) is 16.7 Å². The fourth-order valence-electron chi connectivity index (χ4n) is 3.80. The fraction of sp³-hybridized carbons (Fsp3) is 0.286. The second-order valence-electron chi connectivity index (χ2n) is 8.26. The predicted octanol–water partition coefficient (Wildman–Crippen LogP) is -0.448. The molecule has 214 valence electrons. The summed E-state index contributed by atoms with van der Waals surface area (Å²) in [6.07, 6.45) is 0. The van der Waals surface area contributed by atoms with E-state index < -0.39 is 35.0 Å². The molecule has 20 heteroatoms. The molecule has 5 rings (SSSR count). The molecule has 1 unspecified atom stereocenters. The molecule has 0 spiro atoms. The average molecular weight is 623 g/mol. The molecule has 2 amide bonds. The summed E-state index contributed by atoms with van der Waals surface area (Å²) >= 11 is 3.26. The highest BCUT2D eigenvalue weighted by molar-refractivity contribution is 8.01. The SMILES string of the molecule is Nc1nc(C(=NOc2ccc(F)cc2)C(=O)NC2C(=O)N3C(C(=O)O)=C(CSc4nnnn4CCO)CS[C@H]23)ns1. The van der Waals surface area contributed by atoms with Gasteiger partial charge in [-0.05, 0) is 40.3 Å². The number of carboxylic acids is 1. The van der Waals surface area contributed by atoms with Gasteiger partial charge in [-0.15, -0.1) is 16.9 Å². The number of aliphatic hydroxyl groups is 1. The number of tetrazole rings is 1. The summed E-state index contributed by atoms with van der Waals surface area (Å²) in [7, 11) is 0. The van der Waals surface area contributed by atoms with Crippen molar-refractivity contribution in [3.8, 4) is 5.75 Å². The summed E-state index contributed by atoms with van der Waals surface area (Å²) in [5.74, 6) is -2.87. The average Bonchev–Trinajstić information content (AvgIpc) is 3.59. The number of aromatic nitrogens is 6. The van der Waals surface area contributed by atoms with Gasteiger partial charge in [-0.3, -0.25) is 14.5 Å². The van der Waals surface area contributed by atoms with Crippen LogP contribution in [0.25, 0.3) is 0 Å². The summed E-state index contributed by atoms with van der Waals surface area (Å²) < 4.78 is 18.6. The number of hydrogen-bond acceptors (Lipinski definition) is 15. The summed E-state index contributed by atoms with van der Waals surface area (Å²) in [5, 5.41) is 36.4. The molecule has 2 atom stereocenters.